The molecule has 0 radical (unpaired) electrons. The van der Waals surface area contributed by atoms with Crippen molar-refractivity contribution < 1.29 is 23.5 Å². The van der Waals surface area contributed by atoms with Gasteiger partial charge in [0.1, 0.15) is 5.82 Å². The van der Waals surface area contributed by atoms with Gasteiger partial charge in [0.15, 0.2) is 12.1 Å². The van der Waals surface area contributed by atoms with E-state index in [9.17, 15) is 18.8 Å². The summed E-state index contributed by atoms with van der Waals surface area (Å²) in [6.07, 6.45) is -1.53. The van der Waals surface area contributed by atoms with Crippen LogP contribution in [0.15, 0.2) is 96.4 Å². The van der Waals surface area contributed by atoms with E-state index >= 15 is 0 Å². The first-order chi connectivity index (χ1) is 18.9. The standard InChI is InChI=1S/C30H26FN3O4S/c1-19(21-6-3-2-4-7-21)32-29(36)26-27(38-30(37)34(26)18-20-9-13-23(31)14-10-20)22-11-15-24(16-12-22)33-28(35)25-8-5-17-39-25/h2-17,19,26-27H,18H2,1H3,(H,32,36)(H,33,35). The zero-order valence-corrected chi connectivity index (χ0v) is 21.9. The van der Waals surface area contributed by atoms with Crippen molar-refractivity contribution in [3.8, 4) is 0 Å². The Morgan fingerprint density at radius 2 is 1.69 bits per heavy atom. The van der Waals surface area contributed by atoms with Gasteiger partial charge in [-0.1, -0.05) is 60.7 Å². The molecule has 0 spiro atoms. The van der Waals surface area contributed by atoms with E-state index in [0.717, 1.165) is 5.56 Å². The number of carbonyl (C=O) groups excluding carboxylic acids is 3. The average Bonchev–Trinajstić information content (AvgIpc) is 3.60. The Morgan fingerprint density at radius 3 is 2.36 bits per heavy atom. The second kappa shape index (κ2) is 11.5. The number of nitrogens with one attached hydrogen (secondary N) is 2. The number of ether oxygens (including phenoxy) is 1. The second-order valence-electron chi connectivity index (χ2n) is 9.20. The zero-order chi connectivity index (χ0) is 27.4. The number of hydrogen-bond acceptors (Lipinski definition) is 5. The van der Waals surface area contributed by atoms with Crippen LogP contribution in [-0.4, -0.2) is 28.8 Å². The zero-order valence-electron chi connectivity index (χ0n) is 21.0. The van der Waals surface area contributed by atoms with Crippen LogP contribution in [0.25, 0.3) is 0 Å². The van der Waals surface area contributed by atoms with Crippen LogP contribution in [0.3, 0.4) is 0 Å². The molecule has 0 aliphatic carbocycles. The molecule has 3 unspecified atom stereocenters. The van der Waals surface area contributed by atoms with E-state index in [4.69, 9.17) is 4.74 Å². The van der Waals surface area contributed by atoms with E-state index in [1.165, 1.54) is 28.4 Å². The number of halogens is 1. The summed E-state index contributed by atoms with van der Waals surface area (Å²) in [5.41, 5.74) is 2.76. The van der Waals surface area contributed by atoms with Crippen molar-refractivity contribution in [2.24, 2.45) is 0 Å². The number of anilines is 1. The van der Waals surface area contributed by atoms with Crippen molar-refractivity contribution in [1.29, 1.82) is 0 Å². The summed E-state index contributed by atoms with van der Waals surface area (Å²) < 4.78 is 19.2. The van der Waals surface area contributed by atoms with Crippen LogP contribution in [0.4, 0.5) is 14.9 Å². The third-order valence-corrected chi connectivity index (χ3v) is 7.39. The lowest BCUT2D eigenvalue weighted by Gasteiger charge is -2.26. The average molecular weight is 544 g/mol. The molecule has 4 aromatic rings. The van der Waals surface area contributed by atoms with Crippen molar-refractivity contribution in [2.45, 2.75) is 31.7 Å². The molecule has 3 aromatic carbocycles. The molecule has 2 N–H and O–H groups in total. The highest BCUT2D eigenvalue weighted by Gasteiger charge is 2.47. The van der Waals surface area contributed by atoms with Crippen molar-refractivity contribution >= 4 is 34.9 Å². The smallest absolute Gasteiger partial charge is 0.411 e. The van der Waals surface area contributed by atoms with Crippen LogP contribution >= 0.6 is 11.3 Å². The Balaban J connectivity index is 1.39. The van der Waals surface area contributed by atoms with Crippen LogP contribution in [0.2, 0.25) is 0 Å². The molecule has 1 aromatic heterocycles. The summed E-state index contributed by atoms with van der Waals surface area (Å²) >= 11 is 1.34. The predicted octanol–water partition coefficient (Wildman–Crippen LogP) is 6.08. The maximum Gasteiger partial charge on any atom is 0.411 e. The minimum Gasteiger partial charge on any atom is -0.438 e. The quantitative estimate of drug-likeness (QED) is 0.282. The van der Waals surface area contributed by atoms with Crippen LogP contribution in [0.1, 0.15) is 45.4 Å². The van der Waals surface area contributed by atoms with Gasteiger partial charge in [-0.3, -0.25) is 14.5 Å². The highest BCUT2D eigenvalue weighted by atomic mass is 32.1. The van der Waals surface area contributed by atoms with Gasteiger partial charge in [0.05, 0.1) is 17.5 Å². The summed E-state index contributed by atoms with van der Waals surface area (Å²) in [4.78, 5) is 41.0. The van der Waals surface area contributed by atoms with Gasteiger partial charge in [-0.2, -0.15) is 0 Å². The number of thiophene rings is 1. The summed E-state index contributed by atoms with van der Waals surface area (Å²) in [5, 5.41) is 7.67. The molecule has 2 heterocycles. The van der Waals surface area contributed by atoms with E-state index in [1.54, 1.807) is 48.5 Å². The van der Waals surface area contributed by atoms with Crippen molar-refractivity contribution in [3.63, 3.8) is 0 Å². The second-order valence-corrected chi connectivity index (χ2v) is 10.1. The predicted molar refractivity (Wildman–Crippen MR) is 147 cm³/mol. The fourth-order valence-electron chi connectivity index (χ4n) is 4.48. The topological polar surface area (TPSA) is 87.7 Å². The molecule has 1 aliphatic rings. The molecule has 5 rings (SSSR count). The SMILES string of the molecule is CC(NC(=O)C1C(c2ccc(NC(=O)c3cccs3)cc2)OC(=O)N1Cc1ccc(F)cc1)c1ccccc1. The lowest BCUT2D eigenvalue weighted by atomic mass is 9.99. The third kappa shape index (κ3) is 5.99. The molecule has 198 valence electrons. The summed E-state index contributed by atoms with van der Waals surface area (Å²) in [5.74, 6) is -0.986. The first kappa shape index (κ1) is 26.1. The molecular weight excluding hydrogens is 517 g/mol. The van der Waals surface area contributed by atoms with Crippen LogP contribution < -0.4 is 10.6 Å². The molecular formula is C30H26FN3O4S. The van der Waals surface area contributed by atoms with Gasteiger partial charge in [0.25, 0.3) is 5.91 Å². The first-order valence-electron chi connectivity index (χ1n) is 12.4. The normalized spacial score (nSPS) is 17.4. The van der Waals surface area contributed by atoms with Gasteiger partial charge < -0.3 is 15.4 Å². The minimum absolute atomic E-state index is 0.0718. The summed E-state index contributed by atoms with van der Waals surface area (Å²) in [7, 11) is 0. The van der Waals surface area contributed by atoms with Gasteiger partial charge in [-0.05, 0) is 59.3 Å². The Bertz CT molecular complexity index is 1440. The maximum atomic E-state index is 13.7. The molecule has 1 aliphatic heterocycles. The molecule has 0 bridgehead atoms. The molecule has 0 saturated carbocycles. The fourth-order valence-corrected chi connectivity index (χ4v) is 5.10. The molecule has 3 atom stereocenters. The minimum atomic E-state index is -0.972. The molecule has 39 heavy (non-hydrogen) atoms. The Kier molecular flexibility index (Phi) is 7.69. The molecule has 9 heteroatoms. The van der Waals surface area contributed by atoms with Crippen molar-refractivity contribution in [1.82, 2.24) is 10.2 Å². The van der Waals surface area contributed by atoms with Crippen molar-refractivity contribution in [3.05, 3.63) is 124 Å². The molecule has 1 fully saturated rings. The highest BCUT2D eigenvalue weighted by molar-refractivity contribution is 7.12. The lowest BCUT2D eigenvalue weighted by molar-refractivity contribution is -0.127. The number of benzene rings is 3. The number of nitrogens with zero attached hydrogens (tertiary/aromatic N) is 1. The van der Waals surface area contributed by atoms with Gasteiger partial charge in [0.2, 0.25) is 5.91 Å². The monoisotopic (exact) mass is 543 g/mol. The largest absolute Gasteiger partial charge is 0.438 e. The Labute approximate surface area is 229 Å². The van der Waals surface area contributed by atoms with E-state index in [-0.39, 0.29) is 24.4 Å². The van der Waals surface area contributed by atoms with Gasteiger partial charge in [0, 0.05) is 5.69 Å². The number of rotatable bonds is 8. The van der Waals surface area contributed by atoms with Gasteiger partial charge in [-0.15, -0.1) is 11.3 Å². The maximum absolute atomic E-state index is 13.7. The fraction of sp³-hybridized carbons (Fsp3) is 0.167. The summed E-state index contributed by atoms with van der Waals surface area (Å²) in [6.45, 7) is 1.94. The van der Waals surface area contributed by atoms with Crippen LogP contribution in [-0.2, 0) is 16.1 Å². The van der Waals surface area contributed by atoms with Gasteiger partial charge in [-0.25, -0.2) is 9.18 Å². The van der Waals surface area contributed by atoms with E-state index in [0.29, 0.717) is 21.7 Å². The molecule has 7 nitrogen and oxygen atoms in total. The highest BCUT2D eigenvalue weighted by Crippen LogP contribution is 2.35. The number of amides is 3. The van der Waals surface area contributed by atoms with Crippen LogP contribution in [0.5, 0.6) is 0 Å². The molecule has 3 amide bonds. The first-order valence-corrected chi connectivity index (χ1v) is 13.3. The molecule has 1 saturated heterocycles. The number of cyclic esters (lactones) is 1. The van der Waals surface area contributed by atoms with Crippen molar-refractivity contribution in [2.75, 3.05) is 5.32 Å². The number of carbonyl (C=O) groups is 3. The Morgan fingerprint density at radius 1 is 0.974 bits per heavy atom. The van der Waals surface area contributed by atoms with Gasteiger partial charge >= 0.3 is 6.09 Å². The number of hydrogen-bond donors (Lipinski definition) is 2. The van der Waals surface area contributed by atoms with E-state index in [1.807, 2.05) is 42.6 Å². The Hall–Kier alpha value is -4.50. The summed E-state index contributed by atoms with van der Waals surface area (Å²) in [6, 6.07) is 24.4. The lowest BCUT2D eigenvalue weighted by Crippen LogP contribution is -2.46. The van der Waals surface area contributed by atoms with Crippen LogP contribution in [0, 0.1) is 5.82 Å². The van der Waals surface area contributed by atoms with E-state index < -0.39 is 24.1 Å². The third-order valence-electron chi connectivity index (χ3n) is 6.52. The van der Waals surface area contributed by atoms with E-state index in [2.05, 4.69) is 10.6 Å².